The molecule has 8 nitrogen and oxygen atoms in total. The highest BCUT2D eigenvalue weighted by Crippen LogP contribution is 2.17. The van der Waals surface area contributed by atoms with Gasteiger partial charge in [-0.1, -0.05) is 18.2 Å². The monoisotopic (exact) mass is 350 g/mol. The summed E-state index contributed by atoms with van der Waals surface area (Å²) < 4.78 is 5.17. The minimum Gasteiger partial charge on any atom is -0.447 e. The van der Waals surface area contributed by atoms with Crippen LogP contribution >= 0.6 is 0 Å². The number of carbonyl (C=O) groups excluding carboxylic acids is 1. The number of non-ortho nitro benzene ring substituents is 1. The molecule has 1 amide bonds. The summed E-state index contributed by atoms with van der Waals surface area (Å²) in [6.07, 6.45) is 1.46. The Hall–Kier alpha value is -3.94. The van der Waals surface area contributed by atoms with Gasteiger partial charge in [0.1, 0.15) is 0 Å². The quantitative estimate of drug-likeness (QED) is 0.322. The Kier molecular flexibility index (Phi) is 5.04. The molecule has 0 bridgehead atoms. The fourth-order valence-corrected chi connectivity index (χ4v) is 2.10. The zero-order valence-corrected chi connectivity index (χ0v) is 13.5. The van der Waals surface area contributed by atoms with Gasteiger partial charge in [0.25, 0.3) is 11.6 Å². The molecule has 0 radical (unpaired) electrons. The molecule has 0 fully saturated rings. The smallest absolute Gasteiger partial charge is 0.269 e. The summed E-state index contributed by atoms with van der Waals surface area (Å²) in [6, 6.07) is 17.7. The number of furan rings is 1. The summed E-state index contributed by atoms with van der Waals surface area (Å²) >= 11 is 0. The van der Waals surface area contributed by atoms with E-state index in [1.165, 1.54) is 30.5 Å². The molecule has 0 unspecified atom stereocenters. The summed E-state index contributed by atoms with van der Waals surface area (Å²) in [7, 11) is 0. The van der Waals surface area contributed by atoms with E-state index >= 15 is 0 Å². The zero-order chi connectivity index (χ0) is 18.4. The van der Waals surface area contributed by atoms with Crippen LogP contribution in [0.1, 0.15) is 10.4 Å². The fourth-order valence-electron chi connectivity index (χ4n) is 2.10. The number of rotatable bonds is 4. The first-order valence-corrected chi connectivity index (χ1v) is 7.62. The average Bonchev–Trinajstić information content (AvgIpc) is 3.16. The molecule has 130 valence electrons. The Morgan fingerprint density at radius 3 is 2.35 bits per heavy atom. The van der Waals surface area contributed by atoms with E-state index in [0.717, 1.165) is 0 Å². The fraction of sp³-hybridized carbons (Fsp3) is 0. The van der Waals surface area contributed by atoms with Crippen LogP contribution in [-0.4, -0.2) is 16.8 Å². The van der Waals surface area contributed by atoms with Crippen molar-refractivity contribution in [2.75, 3.05) is 5.32 Å². The van der Waals surface area contributed by atoms with Gasteiger partial charge in [-0.15, -0.1) is 0 Å². The molecule has 26 heavy (non-hydrogen) atoms. The van der Waals surface area contributed by atoms with Gasteiger partial charge < -0.3 is 9.73 Å². The Labute approximate surface area is 148 Å². The van der Waals surface area contributed by atoms with E-state index in [1.807, 2.05) is 6.07 Å². The van der Waals surface area contributed by atoms with Crippen molar-refractivity contribution in [2.45, 2.75) is 0 Å². The van der Waals surface area contributed by atoms with Crippen LogP contribution in [0.3, 0.4) is 0 Å². The molecule has 1 heterocycles. The molecule has 2 N–H and O–H groups in total. The first-order chi connectivity index (χ1) is 12.6. The molecular formula is C18H14N4O4. The number of hydrogen-bond acceptors (Lipinski definition) is 5. The van der Waals surface area contributed by atoms with E-state index in [2.05, 4.69) is 15.6 Å². The lowest BCUT2D eigenvalue weighted by Gasteiger charge is -2.11. The molecule has 0 aliphatic carbocycles. The second kappa shape index (κ2) is 7.75. The lowest BCUT2D eigenvalue weighted by atomic mass is 10.2. The third-order valence-electron chi connectivity index (χ3n) is 3.34. The van der Waals surface area contributed by atoms with Crippen molar-refractivity contribution in [3.05, 3.63) is 88.7 Å². The van der Waals surface area contributed by atoms with Crippen LogP contribution in [0.5, 0.6) is 0 Å². The van der Waals surface area contributed by atoms with Crippen molar-refractivity contribution in [1.82, 2.24) is 5.32 Å². The second-order valence-electron chi connectivity index (χ2n) is 5.16. The van der Waals surface area contributed by atoms with Crippen LogP contribution in [0.15, 0.2) is 82.4 Å². The first kappa shape index (κ1) is 16.9. The number of nitro benzene ring substituents is 1. The van der Waals surface area contributed by atoms with Crippen LogP contribution < -0.4 is 10.6 Å². The van der Waals surface area contributed by atoms with Crippen LogP contribution in [-0.2, 0) is 0 Å². The van der Waals surface area contributed by atoms with Gasteiger partial charge in [-0.2, -0.15) is 4.99 Å². The van der Waals surface area contributed by atoms with E-state index in [0.29, 0.717) is 17.1 Å². The Balaban J connectivity index is 1.82. The van der Waals surface area contributed by atoms with Gasteiger partial charge >= 0.3 is 0 Å². The summed E-state index contributed by atoms with van der Waals surface area (Å²) in [5, 5.41) is 16.3. The highest BCUT2D eigenvalue weighted by molar-refractivity contribution is 6.10. The number of nitro groups is 1. The van der Waals surface area contributed by atoms with E-state index in [9.17, 15) is 14.9 Å². The summed E-state index contributed by atoms with van der Waals surface area (Å²) in [4.78, 5) is 26.8. The van der Waals surface area contributed by atoms with Crippen molar-refractivity contribution < 1.29 is 14.1 Å². The van der Waals surface area contributed by atoms with Gasteiger partial charge in [-0.05, 0) is 30.3 Å². The van der Waals surface area contributed by atoms with E-state index < -0.39 is 4.92 Å². The molecular weight excluding hydrogens is 336 g/mol. The van der Waals surface area contributed by atoms with Crippen molar-refractivity contribution in [3.63, 3.8) is 0 Å². The van der Waals surface area contributed by atoms with Gasteiger partial charge in [0, 0.05) is 29.4 Å². The molecule has 0 saturated carbocycles. The number of anilines is 1. The average molecular weight is 350 g/mol. The van der Waals surface area contributed by atoms with Crippen molar-refractivity contribution in [2.24, 2.45) is 4.99 Å². The number of nitrogens with zero attached hydrogens (tertiary/aromatic N) is 2. The third-order valence-corrected chi connectivity index (χ3v) is 3.34. The molecule has 8 heteroatoms. The molecule has 1 aromatic heterocycles. The topological polar surface area (TPSA) is 110 Å². The SMILES string of the molecule is O=C(N/C(=N\c1ccco1)Nc1ccc([N+](=O)[O-])cc1)c1ccccc1. The zero-order valence-electron chi connectivity index (χ0n) is 13.5. The van der Waals surface area contributed by atoms with Gasteiger partial charge in [0.2, 0.25) is 11.8 Å². The third kappa shape index (κ3) is 4.32. The number of carbonyl (C=O) groups is 1. The standard InChI is InChI=1S/C18H14N4O4/c23-17(13-5-2-1-3-6-13)21-18(20-16-7-4-12-26-16)19-14-8-10-15(11-9-14)22(24)25/h1-12H,(H2,19,20,21,23). The van der Waals surface area contributed by atoms with Crippen LogP contribution in [0.2, 0.25) is 0 Å². The number of hydrogen-bond donors (Lipinski definition) is 2. The Morgan fingerprint density at radius 2 is 1.73 bits per heavy atom. The molecule has 0 saturated heterocycles. The molecule has 3 aromatic rings. The molecule has 0 spiro atoms. The highest BCUT2D eigenvalue weighted by atomic mass is 16.6. The molecule has 3 rings (SSSR count). The number of guanidine groups is 1. The number of nitrogens with one attached hydrogen (secondary N) is 2. The predicted molar refractivity (Wildman–Crippen MR) is 96.4 cm³/mol. The van der Waals surface area contributed by atoms with Gasteiger partial charge in [0.05, 0.1) is 11.2 Å². The number of amides is 1. The van der Waals surface area contributed by atoms with Crippen molar-refractivity contribution >= 4 is 29.1 Å². The van der Waals surface area contributed by atoms with Crippen LogP contribution in [0.25, 0.3) is 0 Å². The van der Waals surface area contributed by atoms with Gasteiger partial charge in [0.15, 0.2) is 0 Å². The lowest BCUT2D eigenvalue weighted by molar-refractivity contribution is -0.384. The first-order valence-electron chi connectivity index (χ1n) is 7.62. The Morgan fingerprint density at radius 1 is 1.00 bits per heavy atom. The van der Waals surface area contributed by atoms with E-state index in [1.54, 1.807) is 36.4 Å². The molecule has 0 aliphatic rings. The van der Waals surface area contributed by atoms with Crippen LogP contribution in [0.4, 0.5) is 17.3 Å². The van der Waals surface area contributed by atoms with Gasteiger partial charge in [-0.3, -0.25) is 20.2 Å². The van der Waals surface area contributed by atoms with Crippen LogP contribution in [0, 0.1) is 10.1 Å². The summed E-state index contributed by atoms with van der Waals surface area (Å²) in [5.74, 6) is 0.0655. The maximum absolute atomic E-state index is 12.4. The largest absolute Gasteiger partial charge is 0.447 e. The predicted octanol–water partition coefficient (Wildman–Crippen LogP) is 3.72. The second-order valence-corrected chi connectivity index (χ2v) is 5.16. The number of benzene rings is 2. The van der Waals surface area contributed by atoms with E-state index in [4.69, 9.17) is 4.42 Å². The molecule has 2 aromatic carbocycles. The van der Waals surface area contributed by atoms with Crippen molar-refractivity contribution in [3.8, 4) is 0 Å². The Bertz CT molecular complexity index is 920. The maximum Gasteiger partial charge on any atom is 0.269 e. The molecule has 0 aliphatic heterocycles. The number of aliphatic imine (C=N–C) groups is 1. The minimum atomic E-state index is -0.487. The highest BCUT2D eigenvalue weighted by Gasteiger charge is 2.11. The summed E-state index contributed by atoms with van der Waals surface area (Å²) in [5.41, 5.74) is 0.952. The maximum atomic E-state index is 12.4. The van der Waals surface area contributed by atoms with Crippen molar-refractivity contribution in [1.29, 1.82) is 0 Å². The lowest BCUT2D eigenvalue weighted by Crippen LogP contribution is -2.35. The normalized spacial score (nSPS) is 11.0. The molecule has 0 atom stereocenters. The minimum absolute atomic E-state index is 0.0339. The summed E-state index contributed by atoms with van der Waals surface area (Å²) in [6.45, 7) is 0. The van der Waals surface area contributed by atoms with Gasteiger partial charge in [-0.25, -0.2) is 0 Å². The van der Waals surface area contributed by atoms with E-state index in [-0.39, 0.29) is 17.6 Å².